The van der Waals surface area contributed by atoms with E-state index in [0.717, 1.165) is 109 Å². The zero-order valence-corrected chi connectivity index (χ0v) is 57.3. The third kappa shape index (κ3) is 51.7. The summed E-state index contributed by atoms with van der Waals surface area (Å²) >= 11 is 0. The Kier molecular flexibility index (Phi) is 60.7. The van der Waals surface area contributed by atoms with E-state index in [4.69, 9.17) is 14.2 Å². The summed E-state index contributed by atoms with van der Waals surface area (Å²) in [7, 11) is 0. The van der Waals surface area contributed by atoms with Crippen LogP contribution in [0.4, 0.5) is 0 Å². The van der Waals surface area contributed by atoms with Crippen LogP contribution < -0.4 is 5.32 Å². The summed E-state index contributed by atoms with van der Waals surface area (Å²) in [6.45, 7) is 5.68. The summed E-state index contributed by atoms with van der Waals surface area (Å²) in [6, 6.07) is -1.03. The maximum absolute atomic E-state index is 13.5. The van der Waals surface area contributed by atoms with Gasteiger partial charge >= 0.3 is 5.97 Å². The standard InChI is InChI=1S/C78H137NO10/c1-4-7-10-13-16-19-22-24-26-28-30-32-34-36-38-40-42-44-46-48-51-54-57-60-63-66-73(83)89-76-75(85)74(84)72(67-80)88-78(76)87-68-69(70(81)64-61-58-55-52-49-21-18-15-12-9-6-3)79-77(86)71(82)65-62-59-56-53-50-47-45-43-41-39-37-35-33-31-29-27-25-23-20-17-14-11-8-5-2/h7,10,16-17,19-20,24-27,30,32,36,38,61,64,69-72,74-76,78,80-82,84-85H,4-6,8-9,11-15,18,21-23,28-29,31,33-35,37,39-60,62-63,65-68H2,1-3H3,(H,79,86)/b10-7-,19-16-,20-17-,26-24-,27-25-,32-30-,38-36-,64-61+. The van der Waals surface area contributed by atoms with Crippen molar-refractivity contribution in [3.8, 4) is 0 Å². The molecule has 1 aliphatic heterocycles. The van der Waals surface area contributed by atoms with Gasteiger partial charge in [-0.05, 0) is 103 Å². The van der Waals surface area contributed by atoms with Crippen molar-refractivity contribution in [1.82, 2.24) is 5.32 Å². The van der Waals surface area contributed by atoms with E-state index in [-0.39, 0.29) is 19.4 Å². The summed E-state index contributed by atoms with van der Waals surface area (Å²) in [5, 5.41) is 57.3. The van der Waals surface area contributed by atoms with Gasteiger partial charge < -0.3 is 45.1 Å². The predicted molar refractivity (Wildman–Crippen MR) is 375 cm³/mol. The van der Waals surface area contributed by atoms with Crippen LogP contribution in [-0.2, 0) is 23.8 Å². The predicted octanol–water partition coefficient (Wildman–Crippen LogP) is 19.4. The number of hydrogen-bond donors (Lipinski definition) is 6. The maximum atomic E-state index is 13.5. The van der Waals surface area contributed by atoms with Crippen LogP contribution >= 0.6 is 0 Å². The zero-order chi connectivity index (χ0) is 64.6. The van der Waals surface area contributed by atoms with Gasteiger partial charge in [0.05, 0.1) is 25.4 Å². The van der Waals surface area contributed by atoms with Gasteiger partial charge in [0.15, 0.2) is 12.4 Å². The fraction of sp³-hybridized carbons (Fsp3) is 0.769. The van der Waals surface area contributed by atoms with Gasteiger partial charge in [0.2, 0.25) is 5.91 Å². The van der Waals surface area contributed by atoms with Crippen LogP contribution in [0.5, 0.6) is 0 Å². The molecular weight excluding hydrogens is 1110 g/mol. The van der Waals surface area contributed by atoms with Gasteiger partial charge in [0.25, 0.3) is 0 Å². The van der Waals surface area contributed by atoms with E-state index >= 15 is 0 Å². The smallest absolute Gasteiger partial charge is 0.306 e. The van der Waals surface area contributed by atoms with E-state index in [2.05, 4.69) is 111 Å². The summed E-state index contributed by atoms with van der Waals surface area (Å²) in [6.07, 6.45) is 77.3. The molecule has 8 atom stereocenters. The molecule has 1 amide bonds. The zero-order valence-electron chi connectivity index (χ0n) is 57.3. The number of amides is 1. The molecule has 1 rings (SSSR count). The molecule has 11 nitrogen and oxygen atoms in total. The molecule has 514 valence electrons. The number of rotatable bonds is 63. The number of nitrogens with one attached hydrogen (secondary N) is 1. The molecule has 0 bridgehead atoms. The third-order valence-electron chi connectivity index (χ3n) is 17.0. The number of carbonyl (C=O) groups excluding carboxylic acids is 2. The summed E-state index contributed by atoms with van der Waals surface area (Å²) in [4.78, 5) is 26.7. The minimum Gasteiger partial charge on any atom is -0.454 e. The number of unbranched alkanes of at least 4 members (excludes halogenated alkanes) is 35. The average Bonchev–Trinajstić information content (AvgIpc) is 3.71. The van der Waals surface area contributed by atoms with E-state index in [9.17, 15) is 35.1 Å². The van der Waals surface area contributed by atoms with Crippen LogP contribution in [0.3, 0.4) is 0 Å². The molecule has 0 aromatic rings. The first-order chi connectivity index (χ1) is 43.7. The van der Waals surface area contributed by atoms with Gasteiger partial charge in [-0.1, -0.05) is 311 Å². The molecule has 0 saturated carbocycles. The van der Waals surface area contributed by atoms with Gasteiger partial charge in [-0.3, -0.25) is 9.59 Å². The van der Waals surface area contributed by atoms with Crippen molar-refractivity contribution in [3.05, 3.63) is 97.2 Å². The lowest BCUT2D eigenvalue weighted by Gasteiger charge is -2.41. The number of esters is 1. The van der Waals surface area contributed by atoms with E-state index in [1.807, 2.05) is 6.08 Å². The van der Waals surface area contributed by atoms with E-state index < -0.39 is 67.4 Å². The molecule has 1 heterocycles. The monoisotopic (exact) mass is 1250 g/mol. The largest absolute Gasteiger partial charge is 0.454 e. The highest BCUT2D eigenvalue weighted by Crippen LogP contribution is 2.26. The van der Waals surface area contributed by atoms with Gasteiger partial charge in [-0.2, -0.15) is 0 Å². The fourth-order valence-corrected chi connectivity index (χ4v) is 11.2. The number of ether oxygens (including phenoxy) is 3. The Morgan fingerprint density at radius 1 is 0.449 bits per heavy atom. The first kappa shape index (κ1) is 83.6. The van der Waals surface area contributed by atoms with Crippen molar-refractivity contribution in [3.63, 3.8) is 0 Å². The Morgan fingerprint density at radius 3 is 1.24 bits per heavy atom. The second-order valence-electron chi connectivity index (χ2n) is 25.3. The molecule has 8 unspecified atom stereocenters. The number of aliphatic hydroxyl groups excluding tert-OH is 5. The molecule has 0 radical (unpaired) electrons. The van der Waals surface area contributed by atoms with Gasteiger partial charge in [0, 0.05) is 6.42 Å². The highest BCUT2D eigenvalue weighted by molar-refractivity contribution is 5.80. The molecule has 0 spiro atoms. The molecule has 1 fully saturated rings. The van der Waals surface area contributed by atoms with Crippen LogP contribution in [0.1, 0.15) is 323 Å². The molecule has 89 heavy (non-hydrogen) atoms. The van der Waals surface area contributed by atoms with Crippen LogP contribution in [0.25, 0.3) is 0 Å². The lowest BCUT2D eigenvalue weighted by Crippen LogP contribution is -2.61. The van der Waals surface area contributed by atoms with Crippen LogP contribution in [0.2, 0.25) is 0 Å². The number of aliphatic hydroxyl groups is 5. The molecule has 0 aliphatic carbocycles. The second-order valence-corrected chi connectivity index (χ2v) is 25.3. The first-order valence-electron chi connectivity index (χ1n) is 37.0. The summed E-state index contributed by atoms with van der Waals surface area (Å²) < 4.78 is 17.7. The van der Waals surface area contributed by atoms with Gasteiger partial charge in [-0.25, -0.2) is 0 Å². The molecule has 0 aromatic carbocycles. The second kappa shape index (κ2) is 64.7. The van der Waals surface area contributed by atoms with Crippen molar-refractivity contribution >= 4 is 11.9 Å². The third-order valence-corrected chi connectivity index (χ3v) is 17.0. The number of hydrogen-bond acceptors (Lipinski definition) is 10. The van der Waals surface area contributed by atoms with Crippen molar-refractivity contribution in [2.75, 3.05) is 13.2 Å². The molecule has 6 N–H and O–H groups in total. The van der Waals surface area contributed by atoms with Crippen molar-refractivity contribution in [2.45, 2.75) is 372 Å². The molecular formula is C78H137NO10. The Balaban J connectivity index is 2.53. The maximum Gasteiger partial charge on any atom is 0.306 e. The minimum atomic E-state index is -1.62. The van der Waals surface area contributed by atoms with Gasteiger partial charge in [0.1, 0.15) is 24.4 Å². The quantitative estimate of drug-likeness (QED) is 0.0195. The van der Waals surface area contributed by atoms with Crippen molar-refractivity contribution in [1.29, 1.82) is 0 Å². The topological polar surface area (TPSA) is 175 Å². The van der Waals surface area contributed by atoms with E-state index in [1.54, 1.807) is 6.08 Å². The van der Waals surface area contributed by atoms with Crippen molar-refractivity contribution < 1.29 is 49.3 Å². The van der Waals surface area contributed by atoms with Crippen molar-refractivity contribution in [2.24, 2.45) is 0 Å². The highest BCUT2D eigenvalue weighted by atomic mass is 16.7. The highest BCUT2D eigenvalue weighted by Gasteiger charge is 2.47. The molecule has 1 aliphatic rings. The Labute approximate surface area is 546 Å². The fourth-order valence-electron chi connectivity index (χ4n) is 11.2. The molecule has 1 saturated heterocycles. The Morgan fingerprint density at radius 2 is 0.809 bits per heavy atom. The van der Waals surface area contributed by atoms with Gasteiger partial charge in [-0.15, -0.1) is 0 Å². The lowest BCUT2D eigenvalue weighted by molar-refractivity contribution is -0.305. The van der Waals surface area contributed by atoms with Crippen LogP contribution in [0, 0.1) is 0 Å². The van der Waals surface area contributed by atoms with Crippen LogP contribution in [-0.4, -0.2) is 99.6 Å². The number of allylic oxidation sites excluding steroid dienone is 15. The van der Waals surface area contributed by atoms with E-state index in [0.29, 0.717) is 12.8 Å². The molecule has 11 heteroatoms. The molecule has 0 aromatic heterocycles. The lowest BCUT2D eigenvalue weighted by atomic mass is 9.99. The SMILES string of the molecule is CC/C=C\C/C=C\C/C=C\C/C=C\C/C=C\CCCCCCCCCCCC(=O)OC1C(OCC(NC(=O)C(O)CCCCCCCCCCCCCCCC/C=C\C/C=C\CCCCC)C(O)/C=C/CCCCCCCCCCC)OC(CO)C(O)C1O. The summed E-state index contributed by atoms with van der Waals surface area (Å²) in [5.74, 6) is -1.20. The average molecular weight is 1250 g/mol. The van der Waals surface area contributed by atoms with E-state index in [1.165, 1.54) is 167 Å². The van der Waals surface area contributed by atoms with Crippen LogP contribution in [0.15, 0.2) is 97.2 Å². The minimum absolute atomic E-state index is 0.113. The Bertz CT molecular complexity index is 1820. The Hall–Kier alpha value is -3.42. The number of carbonyl (C=O) groups is 2. The summed E-state index contributed by atoms with van der Waals surface area (Å²) in [5.41, 5.74) is 0. The normalized spacial score (nSPS) is 18.7. The first-order valence-corrected chi connectivity index (χ1v) is 37.0.